The standard InChI is InChI=1S/C59H40N4O/c1-37-15-9-11-21-45(37)43-26-29-47-48-30-27-44(46-22-12-10-16-38(46)2)35-54(48)63(53(47)34-43)52-32-28-41(42-25-31-50-49-23-13-14-24-55(49)64-56(50)36-42)33-51(52)59-61-57(39-17-5-3-6-18-39)60-58(62-59)40-19-7-4-8-20-40/h3-36H,1-2H3. The molecule has 0 amide bonds. The van der Waals surface area contributed by atoms with E-state index in [1.165, 1.54) is 33.0 Å². The Hall–Kier alpha value is -8.41. The number of aryl methyl sites for hydroxylation is 2. The molecular formula is C59H40N4O. The Morgan fingerprint density at radius 3 is 1.41 bits per heavy atom. The summed E-state index contributed by atoms with van der Waals surface area (Å²) in [5.41, 5.74) is 16.8. The van der Waals surface area contributed by atoms with Crippen LogP contribution in [0.4, 0.5) is 0 Å². The largest absolute Gasteiger partial charge is 0.456 e. The summed E-state index contributed by atoms with van der Waals surface area (Å²) in [6, 6.07) is 72.7. The summed E-state index contributed by atoms with van der Waals surface area (Å²) in [5, 5.41) is 4.53. The summed E-state index contributed by atoms with van der Waals surface area (Å²) >= 11 is 0. The van der Waals surface area contributed by atoms with Gasteiger partial charge in [0, 0.05) is 38.2 Å². The van der Waals surface area contributed by atoms with Gasteiger partial charge in [-0.1, -0.05) is 164 Å². The number of furan rings is 1. The summed E-state index contributed by atoms with van der Waals surface area (Å²) in [6.45, 7) is 4.36. The maximum absolute atomic E-state index is 6.41. The minimum atomic E-state index is 0.578. The highest BCUT2D eigenvalue weighted by Crippen LogP contribution is 2.42. The molecule has 0 atom stereocenters. The molecule has 9 aromatic carbocycles. The maximum atomic E-state index is 6.41. The molecule has 0 fully saturated rings. The smallest absolute Gasteiger partial charge is 0.166 e. The molecule has 0 aliphatic carbocycles. The molecule has 0 saturated heterocycles. The van der Waals surface area contributed by atoms with E-state index in [0.717, 1.165) is 77.6 Å². The van der Waals surface area contributed by atoms with Gasteiger partial charge >= 0.3 is 0 Å². The second-order valence-electron chi connectivity index (χ2n) is 16.5. The molecule has 0 aliphatic heterocycles. The second kappa shape index (κ2) is 15.2. The molecule has 3 aromatic heterocycles. The Morgan fingerprint density at radius 2 is 0.797 bits per heavy atom. The van der Waals surface area contributed by atoms with Gasteiger partial charge in [-0.05, 0) is 101 Å². The molecule has 0 radical (unpaired) electrons. The SMILES string of the molecule is Cc1ccccc1-c1ccc2c3ccc(-c4ccccc4C)cc3n(-c3ccc(-c4ccc5c(c4)oc4ccccc45)cc3-c3nc(-c4ccccc4)nc(-c4ccccc4)n3)c2c1. The van der Waals surface area contributed by atoms with Crippen molar-refractivity contribution in [2.45, 2.75) is 13.8 Å². The predicted molar refractivity (Wildman–Crippen MR) is 264 cm³/mol. The van der Waals surface area contributed by atoms with Crippen molar-refractivity contribution in [2.75, 3.05) is 0 Å². The molecule has 0 spiro atoms. The molecule has 0 aliphatic rings. The van der Waals surface area contributed by atoms with Crippen molar-refractivity contribution in [3.8, 4) is 73.2 Å². The van der Waals surface area contributed by atoms with Crippen LogP contribution in [0.3, 0.4) is 0 Å². The topological polar surface area (TPSA) is 56.7 Å². The van der Waals surface area contributed by atoms with Gasteiger partial charge < -0.3 is 8.98 Å². The van der Waals surface area contributed by atoms with Crippen molar-refractivity contribution >= 4 is 43.7 Å². The highest BCUT2D eigenvalue weighted by atomic mass is 16.3. The van der Waals surface area contributed by atoms with Crippen molar-refractivity contribution in [3.05, 3.63) is 217 Å². The summed E-state index contributed by atoms with van der Waals surface area (Å²) in [7, 11) is 0. The van der Waals surface area contributed by atoms with Crippen LogP contribution in [0.2, 0.25) is 0 Å². The normalized spacial score (nSPS) is 11.6. The van der Waals surface area contributed by atoms with Gasteiger partial charge in [0.25, 0.3) is 0 Å². The lowest BCUT2D eigenvalue weighted by Gasteiger charge is -2.17. The first-order valence-corrected chi connectivity index (χ1v) is 21.7. The van der Waals surface area contributed by atoms with Crippen LogP contribution in [0, 0.1) is 13.8 Å². The molecule has 0 unspecified atom stereocenters. The van der Waals surface area contributed by atoms with Crippen LogP contribution in [0.5, 0.6) is 0 Å². The van der Waals surface area contributed by atoms with E-state index in [9.17, 15) is 0 Å². The third-order valence-corrected chi connectivity index (χ3v) is 12.6. The van der Waals surface area contributed by atoms with E-state index in [4.69, 9.17) is 19.4 Å². The van der Waals surface area contributed by atoms with Gasteiger partial charge in [-0.3, -0.25) is 0 Å². The Kier molecular flexibility index (Phi) is 8.87. The molecule has 64 heavy (non-hydrogen) atoms. The minimum absolute atomic E-state index is 0.578. The van der Waals surface area contributed by atoms with Crippen molar-refractivity contribution < 1.29 is 4.42 Å². The first-order chi connectivity index (χ1) is 31.5. The third kappa shape index (κ3) is 6.37. The summed E-state index contributed by atoms with van der Waals surface area (Å²) in [5.74, 6) is 1.79. The second-order valence-corrected chi connectivity index (χ2v) is 16.5. The van der Waals surface area contributed by atoms with Crippen LogP contribution >= 0.6 is 0 Å². The quantitative estimate of drug-likeness (QED) is 0.161. The van der Waals surface area contributed by atoms with Gasteiger partial charge in [0.1, 0.15) is 11.2 Å². The summed E-state index contributed by atoms with van der Waals surface area (Å²) < 4.78 is 8.83. The van der Waals surface area contributed by atoms with Gasteiger partial charge in [-0.15, -0.1) is 0 Å². The van der Waals surface area contributed by atoms with Gasteiger partial charge in [0.15, 0.2) is 17.5 Å². The number of rotatable bonds is 7. The van der Waals surface area contributed by atoms with E-state index in [-0.39, 0.29) is 0 Å². The van der Waals surface area contributed by atoms with Crippen molar-refractivity contribution in [1.82, 2.24) is 19.5 Å². The fraction of sp³-hybridized carbons (Fsp3) is 0.0339. The number of hydrogen-bond donors (Lipinski definition) is 0. The van der Waals surface area contributed by atoms with E-state index in [0.29, 0.717) is 17.5 Å². The maximum Gasteiger partial charge on any atom is 0.166 e. The molecule has 302 valence electrons. The Bertz CT molecular complexity index is 3590. The molecule has 3 heterocycles. The van der Waals surface area contributed by atoms with Crippen LogP contribution in [0.1, 0.15) is 11.1 Å². The lowest BCUT2D eigenvalue weighted by molar-refractivity contribution is 0.669. The number of hydrogen-bond acceptors (Lipinski definition) is 4. The van der Waals surface area contributed by atoms with Crippen molar-refractivity contribution in [3.63, 3.8) is 0 Å². The van der Waals surface area contributed by atoms with Gasteiger partial charge in [-0.25, -0.2) is 15.0 Å². The van der Waals surface area contributed by atoms with E-state index in [1.54, 1.807) is 0 Å². The van der Waals surface area contributed by atoms with Crippen LogP contribution in [-0.2, 0) is 0 Å². The summed E-state index contributed by atoms with van der Waals surface area (Å²) in [4.78, 5) is 15.8. The lowest BCUT2D eigenvalue weighted by Crippen LogP contribution is -2.04. The van der Waals surface area contributed by atoms with Gasteiger partial charge in [0.05, 0.1) is 16.7 Å². The van der Waals surface area contributed by atoms with Gasteiger partial charge in [-0.2, -0.15) is 0 Å². The highest BCUT2D eigenvalue weighted by Gasteiger charge is 2.22. The Labute approximate surface area is 370 Å². The molecule has 5 heteroatoms. The number of benzene rings is 9. The lowest BCUT2D eigenvalue weighted by atomic mass is 9.98. The number of fused-ring (bicyclic) bond motifs is 6. The molecular weight excluding hydrogens is 781 g/mol. The molecule has 0 N–H and O–H groups in total. The Morgan fingerprint density at radius 1 is 0.328 bits per heavy atom. The molecule has 12 rings (SSSR count). The van der Waals surface area contributed by atoms with Crippen LogP contribution in [0.15, 0.2) is 211 Å². The molecule has 12 aromatic rings. The first kappa shape index (κ1) is 37.4. The van der Waals surface area contributed by atoms with E-state index < -0.39 is 0 Å². The first-order valence-electron chi connectivity index (χ1n) is 21.7. The van der Waals surface area contributed by atoms with Crippen molar-refractivity contribution in [1.29, 1.82) is 0 Å². The van der Waals surface area contributed by atoms with Crippen molar-refractivity contribution in [2.24, 2.45) is 0 Å². The fourth-order valence-corrected chi connectivity index (χ4v) is 9.33. The number of nitrogens with zero attached hydrogens (tertiary/aromatic N) is 4. The van der Waals surface area contributed by atoms with Gasteiger partial charge in [0.2, 0.25) is 0 Å². The van der Waals surface area contributed by atoms with Crippen LogP contribution in [-0.4, -0.2) is 19.5 Å². The highest BCUT2D eigenvalue weighted by molar-refractivity contribution is 6.12. The zero-order valence-electron chi connectivity index (χ0n) is 35.3. The van der Waals surface area contributed by atoms with Crippen LogP contribution < -0.4 is 0 Å². The number of para-hydroxylation sites is 1. The van der Waals surface area contributed by atoms with E-state index in [1.807, 2.05) is 48.5 Å². The summed E-state index contributed by atoms with van der Waals surface area (Å²) in [6.07, 6.45) is 0. The molecule has 5 nitrogen and oxygen atoms in total. The number of aromatic nitrogens is 4. The Balaban J connectivity index is 1.17. The average molecular weight is 821 g/mol. The average Bonchev–Trinajstić information content (AvgIpc) is 3.89. The third-order valence-electron chi connectivity index (χ3n) is 12.6. The minimum Gasteiger partial charge on any atom is -0.456 e. The zero-order chi connectivity index (χ0) is 42.7. The fourth-order valence-electron chi connectivity index (χ4n) is 9.33. The zero-order valence-corrected chi connectivity index (χ0v) is 35.3. The van der Waals surface area contributed by atoms with E-state index >= 15 is 0 Å². The molecule has 0 saturated carbocycles. The molecule has 0 bridgehead atoms. The predicted octanol–water partition coefficient (Wildman–Crippen LogP) is 15.5. The van der Waals surface area contributed by atoms with E-state index in [2.05, 4.69) is 176 Å². The van der Waals surface area contributed by atoms with Crippen LogP contribution in [0.25, 0.3) is 117 Å². The monoisotopic (exact) mass is 820 g/mol.